The highest BCUT2D eigenvalue weighted by Crippen LogP contribution is 2.30. The van der Waals surface area contributed by atoms with Gasteiger partial charge < -0.3 is 5.32 Å². The third kappa shape index (κ3) is 3.03. The lowest BCUT2D eigenvalue weighted by atomic mass is 9.90. The Morgan fingerprint density at radius 2 is 1.72 bits per heavy atom. The lowest BCUT2D eigenvalue weighted by molar-refractivity contribution is 0.431. The highest BCUT2D eigenvalue weighted by atomic mass is 15.3. The summed E-state index contributed by atoms with van der Waals surface area (Å²) >= 11 is 0. The molecule has 18 heavy (non-hydrogen) atoms. The van der Waals surface area contributed by atoms with E-state index >= 15 is 0 Å². The maximum atomic E-state index is 4.45. The smallest absolute Gasteiger partial charge is 0.224 e. The predicted molar refractivity (Wildman–Crippen MR) is 74.9 cm³/mol. The number of nitrogens with zero attached hydrogens (tertiary/aromatic N) is 3. The quantitative estimate of drug-likeness (QED) is 0.888. The molecule has 0 aromatic carbocycles. The minimum atomic E-state index is 0.616. The second kappa shape index (κ2) is 6.76. The standard InChI is InChI=1S/C14H26N4/c1-3-15-14-17-16-13(18(14)4-2)12-10-8-6-5-7-9-11-12/h12H,3-11H2,1-2H3,(H,15,17). The van der Waals surface area contributed by atoms with E-state index in [2.05, 4.69) is 33.9 Å². The van der Waals surface area contributed by atoms with Crippen LogP contribution in [0.4, 0.5) is 5.95 Å². The van der Waals surface area contributed by atoms with E-state index in [4.69, 9.17) is 0 Å². The van der Waals surface area contributed by atoms with E-state index in [0.717, 1.165) is 19.0 Å². The molecule has 1 aliphatic rings. The van der Waals surface area contributed by atoms with Crippen LogP contribution in [0.2, 0.25) is 0 Å². The van der Waals surface area contributed by atoms with E-state index in [1.807, 2.05) is 0 Å². The zero-order chi connectivity index (χ0) is 12.8. The summed E-state index contributed by atoms with van der Waals surface area (Å²) < 4.78 is 2.26. The normalized spacial score (nSPS) is 18.3. The van der Waals surface area contributed by atoms with Crippen LogP contribution in [0, 0.1) is 0 Å². The van der Waals surface area contributed by atoms with Crippen LogP contribution in [0.15, 0.2) is 0 Å². The fraction of sp³-hybridized carbons (Fsp3) is 0.857. The molecule has 1 aromatic heterocycles. The SMILES string of the molecule is CCNc1nnc(C2CCCCCCC2)n1CC. The van der Waals surface area contributed by atoms with E-state index in [-0.39, 0.29) is 0 Å². The molecule has 1 N–H and O–H groups in total. The molecule has 1 heterocycles. The van der Waals surface area contributed by atoms with Gasteiger partial charge in [-0.3, -0.25) is 4.57 Å². The first-order chi connectivity index (χ1) is 8.86. The highest BCUT2D eigenvalue weighted by Gasteiger charge is 2.20. The van der Waals surface area contributed by atoms with Crippen molar-refractivity contribution in [2.45, 2.75) is 71.3 Å². The van der Waals surface area contributed by atoms with Crippen molar-refractivity contribution in [3.8, 4) is 0 Å². The van der Waals surface area contributed by atoms with Crippen molar-refractivity contribution in [2.24, 2.45) is 0 Å². The Labute approximate surface area is 110 Å². The number of hydrogen-bond donors (Lipinski definition) is 1. The molecule has 1 saturated carbocycles. The molecule has 0 radical (unpaired) electrons. The van der Waals surface area contributed by atoms with Gasteiger partial charge in [0.2, 0.25) is 5.95 Å². The van der Waals surface area contributed by atoms with E-state index < -0.39 is 0 Å². The van der Waals surface area contributed by atoms with Crippen LogP contribution in [0.1, 0.15) is 70.5 Å². The Kier molecular flexibility index (Phi) is 5.02. The van der Waals surface area contributed by atoms with Crippen molar-refractivity contribution < 1.29 is 0 Å². The first kappa shape index (κ1) is 13.4. The van der Waals surface area contributed by atoms with Crippen LogP contribution >= 0.6 is 0 Å². The molecule has 1 aromatic rings. The Balaban J connectivity index is 2.14. The summed E-state index contributed by atoms with van der Waals surface area (Å²) in [6.45, 7) is 6.14. The van der Waals surface area contributed by atoms with E-state index in [0.29, 0.717) is 5.92 Å². The van der Waals surface area contributed by atoms with Gasteiger partial charge in [0.25, 0.3) is 0 Å². The van der Waals surface area contributed by atoms with Gasteiger partial charge in [-0.25, -0.2) is 0 Å². The maximum Gasteiger partial charge on any atom is 0.224 e. The van der Waals surface area contributed by atoms with Gasteiger partial charge in [-0.15, -0.1) is 10.2 Å². The summed E-state index contributed by atoms with van der Waals surface area (Å²) in [7, 11) is 0. The molecule has 0 saturated heterocycles. The third-order valence-corrected chi connectivity index (χ3v) is 3.90. The van der Waals surface area contributed by atoms with Gasteiger partial charge in [0.15, 0.2) is 0 Å². The van der Waals surface area contributed by atoms with Gasteiger partial charge in [0, 0.05) is 19.0 Å². The van der Waals surface area contributed by atoms with Crippen LogP contribution in [-0.2, 0) is 6.54 Å². The van der Waals surface area contributed by atoms with Crippen molar-refractivity contribution in [3.05, 3.63) is 5.82 Å². The lowest BCUT2D eigenvalue weighted by Gasteiger charge is -2.19. The van der Waals surface area contributed by atoms with Crippen LogP contribution < -0.4 is 5.32 Å². The monoisotopic (exact) mass is 250 g/mol. The van der Waals surface area contributed by atoms with Gasteiger partial charge in [-0.2, -0.15) is 0 Å². The van der Waals surface area contributed by atoms with Crippen molar-refractivity contribution in [3.63, 3.8) is 0 Å². The zero-order valence-electron chi connectivity index (χ0n) is 11.8. The Bertz CT molecular complexity index is 351. The van der Waals surface area contributed by atoms with Crippen molar-refractivity contribution >= 4 is 5.95 Å². The summed E-state index contributed by atoms with van der Waals surface area (Å²) in [5, 5.41) is 12.1. The highest BCUT2D eigenvalue weighted by molar-refractivity contribution is 5.26. The van der Waals surface area contributed by atoms with Gasteiger partial charge in [0.05, 0.1) is 0 Å². The molecule has 0 atom stereocenters. The van der Waals surface area contributed by atoms with E-state index in [1.54, 1.807) is 0 Å². The average Bonchev–Trinajstić information content (AvgIpc) is 2.72. The summed E-state index contributed by atoms with van der Waals surface area (Å²) in [5.74, 6) is 2.76. The van der Waals surface area contributed by atoms with E-state index in [1.165, 1.54) is 50.8 Å². The number of rotatable bonds is 4. The van der Waals surface area contributed by atoms with Gasteiger partial charge >= 0.3 is 0 Å². The van der Waals surface area contributed by atoms with Crippen LogP contribution in [0.25, 0.3) is 0 Å². The van der Waals surface area contributed by atoms with E-state index in [9.17, 15) is 0 Å². The van der Waals surface area contributed by atoms with Crippen molar-refractivity contribution in [1.82, 2.24) is 14.8 Å². The number of nitrogens with one attached hydrogen (secondary N) is 1. The summed E-state index contributed by atoms with van der Waals surface area (Å²) in [6.07, 6.45) is 9.44. The Hall–Kier alpha value is -1.06. The molecule has 0 bridgehead atoms. The second-order valence-corrected chi connectivity index (χ2v) is 5.20. The maximum absolute atomic E-state index is 4.45. The average molecular weight is 250 g/mol. The van der Waals surface area contributed by atoms with Gasteiger partial charge in [-0.1, -0.05) is 32.1 Å². The Morgan fingerprint density at radius 3 is 2.33 bits per heavy atom. The summed E-state index contributed by atoms with van der Waals surface area (Å²) in [4.78, 5) is 0. The molecule has 0 spiro atoms. The zero-order valence-corrected chi connectivity index (χ0v) is 11.8. The first-order valence-corrected chi connectivity index (χ1v) is 7.53. The summed E-state index contributed by atoms with van der Waals surface area (Å²) in [6, 6.07) is 0. The molecule has 4 nitrogen and oxygen atoms in total. The topological polar surface area (TPSA) is 42.7 Å². The molecular weight excluding hydrogens is 224 g/mol. The van der Waals surface area contributed by atoms with Gasteiger partial charge in [-0.05, 0) is 26.7 Å². The number of aromatic nitrogens is 3. The van der Waals surface area contributed by atoms with Crippen molar-refractivity contribution in [1.29, 1.82) is 0 Å². The molecule has 0 amide bonds. The molecule has 1 fully saturated rings. The minimum Gasteiger partial charge on any atom is -0.355 e. The predicted octanol–water partition coefficient (Wildman–Crippen LogP) is 3.56. The minimum absolute atomic E-state index is 0.616. The lowest BCUT2D eigenvalue weighted by Crippen LogP contribution is -2.12. The number of anilines is 1. The molecule has 1 aliphatic carbocycles. The molecule has 102 valence electrons. The fourth-order valence-corrected chi connectivity index (χ4v) is 2.93. The first-order valence-electron chi connectivity index (χ1n) is 7.53. The second-order valence-electron chi connectivity index (χ2n) is 5.20. The largest absolute Gasteiger partial charge is 0.355 e. The molecule has 4 heteroatoms. The van der Waals surface area contributed by atoms with Crippen LogP contribution in [0.3, 0.4) is 0 Å². The molecule has 0 aliphatic heterocycles. The number of hydrogen-bond acceptors (Lipinski definition) is 3. The molecule has 2 rings (SSSR count). The van der Waals surface area contributed by atoms with Crippen molar-refractivity contribution in [2.75, 3.05) is 11.9 Å². The molecule has 0 unspecified atom stereocenters. The van der Waals surface area contributed by atoms with Gasteiger partial charge in [0.1, 0.15) is 5.82 Å². The Morgan fingerprint density at radius 1 is 1.06 bits per heavy atom. The van der Waals surface area contributed by atoms with Crippen LogP contribution in [-0.4, -0.2) is 21.3 Å². The van der Waals surface area contributed by atoms with Crippen LogP contribution in [0.5, 0.6) is 0 Å². The molecular formula is C14H26N4. The summed E-state index contributed by atoms with van der Waals surface area (Å²) in [5.41, 5.74) is 0. The third-order valence-electron chi connectivity index (χ3n) is 3.90. The fourth-order valence-electron chi connectivity index (χ4n) is 2.93.